The third-order valence-corrected chi connectivity index (χ3v) is 6.06. The first kappa shape index (κ1) is 19.8. The first-order valence-corrected chi connectivity index (χ1v) is 10.7. The SMILES string of the molecule is Cc1cc(C)n2nc(C(=O)NC3CCC(n4nc5c(cc4=O)COCC5)CC3)nc2n1. The molecule has 0 saturated heterocycles. The Kier molecular flexibility index (Phi) is 5.01. The maximum atomic E-state index is 12.7. The van der Waals surface area contributed by atoms with Gasteiger partial charge in [0.2, 0.25) is 5.82 Å². The molecule has 5 rings (SSSR count). The van der Waals surface area contributed by atoms with E-state index in [0.717, 1.165) is 54.7 Å². The molecule has 0 unspecified atom stereocenters. The number of nitrogens with zero attached hydrogens (tertiary/aromatic N) is 6. The number of aryl methyl sites for hydroxylation is 2. The molecule has 3 aromatic heterocycles. The molecule has 10 heteroatoms. The fourth-order valence-corrected chi connectivity index (χ4v) is 4.47. The summed E-state index contributed by atoms with van der Waals surface area (Å²) in [5.41, 5.74) is 3.49. The Bertz CT molecular complexity index is 1210. The van der Waals surface area contributed by atoms with Crippen molar-refractivity contribution in [2.24, 2.45) is 0 Å². The molecule has 1 fully saturated rings. The zero-order valence-corrected chi connectivity index (χ0v) is 17.7. The summed E-state index contributed by atoms with van der Waals surface area (Å²) in [6.45, 7) is 4.89. The Morgan fingerprint density at radius 2 is 1.94 bits per heavy atom. The highest BCUT2D eigenvalue weighted by Crippen LogP contribution is 2.27. The van der Waals surface area contributed by atoms with E-state index in [2.05, 4.69) is 25.5 Å². The Morgan fingerprint density at radius 3 is 2.74 bits per heavy atom. The van der Waals surface area contributed by atoms with E-state index in [1.54, 1.807) is 15.3 Å². The molecule has 3 aromatic rings. The van der Waals surface area contributed by atoms with Crippen molar-refractivity contribution in [1.82, 2.24) is 34.7 Å². The summed E-state index contributed by atoms with van der Waals surface area (Å²) in [6.07, 6.45) is 3.85. The van der Waals surface area contributed by atoms with Crippen molar-refractivity contribution in [3.05, 3.63) is 51.0 Å². The molecule has 0 aromatic carbocycles. The second kappa shape index (κ2) is 7.84. The van der Waals surface area contributed by atoms with Crippen LogP contribution in [0.25, 0.3) is 5.78 Å². The standard InChI is InChI=1S/C21H25N7O3/c1-12-9-13(2)27-21(22-12)24-19(26-27)20(30)23-15-3-5-16(6-4-15)28-18(29)10-14-11-31-8-7-17(14)25-28/h9-10,15-16H,3-8,11H2,1-2H3,(H,23,30). The molecule has 1 saturated carbocycles. The van der Waals surface area contributed by atoms with E-state index in [0.29, 0.717) is 19.0 Å². The normalized spacial score (nSPS) is 21.1. The molecule has 31 heavy (non-hydrogen) atoms. The zero-order chi connectivity index (χ0) is 21.5. The molecule has 1 N–H and O–H groups in total. The molecule has 1 aliphatic carbocycles. The number of hydrogen-bond donors (Lipinski definition) is 1. The first-order chi connectivity index (χ1) is 15.0. The van der Waals surface area contributed by atoms with Crippen molar-refractivity contribution in [3.63, 3.8) is 0 Å². The lowest BCUT2D eigenvalue weighted by molar-refractivity contribution is 0.0910. The molecule has 162 valence electrons. The number of fused-ring (bicyclic) bond motifs is 2. The topological polar surface area (TPSA) is 116 Å². The van der Waals surface area contributed by atoms with Crippen LogP contribution in [0.15, 0.2) is 16.9 Å². The number of ether oxygens (including phenoxy) is 1. The molecule has 0 spiro atoms. The molecule has 4 heterocycles. The third-order valence-electron chi connectivity index (χ3n) is 6.06. The Labute approximate surface area is 178 Å². The second-order valence-corrected chi connectivity index (χ2v) is 8.37. The lowest BCUT2D eigenvalue weighted by Gasteiger charge is -2.30. The molecular weight excluding hydrogens is 398 g/mol. The van der Waals surface area contributed by atoms with Crippen LogP contribution in [0, 0.1) is 13.8 Å². The fourth-order valence-electron chi connectivity index (χ4n) is 4.47. The number of carbonyl (C=O) groups is 1. The van der Waals surface area contributed by atoms with Gasteiger partial charge in [-0.05, 0) is 45.6 Å². The summed E-state index contributed by atoms with van der Waals surface area (Å²) in [5, 5.41) is 12.0. The van der Waals surface area contributed by atoms with Gasteiger partial charge in [-0.15, -0.1) is 5.10 Å². The van der Waals surface area contributed by atoms with E-state index in [9.17, 15) is 9.59 Å². The van der Waals surface area contributed by atoms with E-state index in [1.807, 2.05) is 19.9 Å². The van der Waals surface area contributed by atoms with Gasteiger partial charge in [0.05, 0.1) is 24.9 Å². The highest BCUT2D eigenvalue weighted by atomic mass is 16.5. The van der Waals surface area contributed by atoms with Crippen molar-refractivity contribution in [1.29, 1.82) is 0 Å². The van der Waals surface area contributed by atoms with E-state index < -0.39 is 0 Å². The number of aromatic nitrogens is 6. The van der Waals surface area contributed by atoms with Crippen LogP contribution in [0.4, 0.5) is 0 Å². The molecule has 1 amide bonds. The molecular formula is C21H25N7O3. The summed E-state index contributed by atoms with van der Waals surface area (Å²) >= 11 is 0. The van der Waals surface area contributed by atoms with Crippen LogP contribution in [-0.4, -0.2) is 47.9 Å². The molecule has 1 aliphatic heterocycles. The van der Waals surface area contributed by atoms with Gasteiger partial charge in [0.1, 0.15) is 0 Å². The highest BCUT2D eigenvalue weighted by molar-refractivity contribution is 5.91. The van der Waals surface area contributed by atoms with Crippen molar-refractivity contribution < 1.29 is 9.53 Å². The summed E-state index contributed by atoms with van der Waals surface area (Å²) in [4.78, 5) is 33.8. The minimum Gasteiger partial charge on any atom is -0.376 e. The van der Waals surface area contributed by atoms with Gasteiger partial charge in [0, 0.05) is 35.5 Å². The Hall–Kier alpha value is -3.14. The maximum absolute atomic E-state index is 12.7. The second-order valence-electron chi connectivity index (χ2n) is 8.37. The van der Waals surface area contributed by atoms with Gasteiger partial charge in [0.25, 0.3) is 17.2 Å². The van der Waals surface area contributed by atoms with Gasteiger partial charge < -0.3 is 10.1 Å². The Morgan fingerprint density at radius 1 is 1.13 bits per heavy atom. The first-order valence-electron chi connectivity index (χ1n) is 10.7. The Balaban J connectivity index is 1.25. The van der Waals surface area contributed by atoms with Crippen molar-refractivity contribution in [3.8, 4) is 0 Å². The van der Waals surface area contributed by atoms with Crippen LogP contribution in [0.1, 0.15) is 65.0 Å². The quantitative estimate of drug-likeness (QED) is 0.675. The van der Waals surface area contributed by atoms with E-state index >= 15 is 0 Å². The summed E-state index contributed by atoms with van der Waals surface area (Å²) in [6, 6.07) is 3.63. The van der Waals surface area contributed by atoms with E-state index in [1.165, 1.54) is 0 Å². The van der Waals surface area contributed by atoms with E-state index in [-0.39, 0.29) is 29.4 Å². The van der Waals surface area contributed by atoms with Gasteiger partial charge in [-0.3, -0.25) is 9.59 Å². The third kappa shape index (κ3) is 3.83. The lowest BCUT2D eigenvalue weighted by Crippen LogP contribution is -2.40. The maximum Gasteiger partial charge on any atom is 0.291 e. The average molecular weight is 423 g/mol. The number of carbonyl (C=O) groups excluding carboxylic acids is 1. The van der Waals surface area contributed by atoms with Crippen LogP contribution in [0.3, 0.4) is 0 Å². The predicted molar refractivity (Wildman–Crippen MR) is 111 cm³/mol. The fraction of sp³-hybridized carbons (Fsp3) is 0.524. The molecule has 2 aliphatic rings. The number of hydrogen-bond acceptors (Lipinski definition) is 7. The summed E-state index contributed by atoms with van der Waals surface area (Å²) in [5.74, 6) is 0.253. The van der Waals surface area contributed by atoms with Crippen LogP contribution < -0.4 is 10.9 Å². The molecule has 0 radical (unpaired) electrons. The predicted octanol–water partition coefficient (Wildman–Crippen LogP) is 1.28. The molecule has 0 bridgehead atoms. The average Bonchev–Trinajstić information content (AvgIpc) is 3.18. The minimum absolute atomic E-state index is 0.0212. The summed E-state index contributed by atoms with van der Waals surface area (Å²) in [7, 11) is 0. The molecule has 0 atom stereocenters. The van der Waals surface area contributed by atoms with E-state index in [4.69, 9.17) is 4.74 Å². The highest BCUT2D eigenvalue weighted by Gasteiger charge is 2.27. The van der Waals surface area contributed by atoms with Crippen LogP contribution in [-0.2, 0) is 17.8 Å². The van der Waals surface area contributed by atoms with Crippen molar-refractivity contribution in [2.75, 3.05) is 6.61 Å². The van der Waals surface area contributed by atoms with Gasteiger partial charge in [0.15, 0.2) is 0 Å². The lowest BCUT2D eigenvalue weighted by atomic mass is 9.91. The zero-order valence-electron chi connectivity index (χ0n) is 17.7. The molecule has 10 nitrogen and oxygen atoms in total. The van der Waals surface area contributed by atoms with Gasteiger partial charge in [-0.1, -0.05) is 0 Å². The van der Waals surface area contributed by atoms with Crippen LogP contribution >= 0.6 is 0 Å². The van der Waals surface area contributed by atoms with Crippen molar-refractivity contribution in [2.45, 2.75) is 64.6 Å². The monoisotopic (exact) mass is 423 g/mol. The summed E-state index contributed by atoms with van der Waals surface area (Å²) < 4.78 is 8.62. The van der Waals surface area contributed by atoms with Gasteiger partial charge >= 0.3 is 0 Å². The van der Waals surface area contributed by atoms with Crippen molar-refractivity contribution >= 4 is 11.7 Å². The number of amides is 1. The van der Waals surface area contributed by atoms with Crippen LogP contribution in [0.2, 0.25) is 0 Å². The smallest absolute Gasteiger partial charge is 0.291 e. The minimum atomic E-state index is -0.296. The van der Waals surface area contributed by atoms with Crippen LogP contribution in [0.5, 0.6) is 0 Å². The van der Waals surface area contributed by atoms with Gasteiger partial charge in [-0.2, -0.15) is 10.1 Å². The number of nitrogens with one attached hydrogen (secondary N) is 1. The van der Waals surface area contributed by atoms with Gasteiger partial charge in [-0.25, -0.2) is 14.2 Å². The largest absolute Gasteiger partial charge is 0.376 e. The number of rotatable bonds is 3.